The number of rotatable bonds is 5. The molecule has 29 heavy (non-hydrogen) atoms. The van der Waals surface area contributed by atoms with Crippen molar-refractivity contribution < 1.29 is 22.7 Å². The van der Waals surface area contributed by atoms with Gasteiger partial charge in [0.15, 0.2) is 0 Å². The predicted molar refractivity (Wildman–Crippen MR) is 104 cm³/mol. The first-order valence-electron chi connectivity index (χ1n) is 8.47. The van der Waals surface area contributed by atoms with Crippen molar-refractivity contribution >= 4 is 28.8 Å². The largest absolute Gasteiger partial charge is 0.573 e. The zero-order valence-corrected chi connectivity index (χ0v) is 15.2. The zero-order chi connectivity index (χ0) is 21.0. The van der Waals surface area contributed by atoms with Crippen molar-refractivity contribution in [3.63, 3.8) is 0 Å². The van der Waals surface area contributed by atoms with Crippen LogP contribution < -0.4 is 21.1 Å². The molecular formula is C20H17F3N4O2. The molecule has 0 radical (unpaired) electrons. The van der Waals surface area contributed by atoms with E-state index >= 15 is 0 Å². The minimum Gasteiger partial charge on any atom is -0.406 e. The van der Waals surface area contributed by atoms with Gasteiger partial charge in [-0.25, -0.2) is 4.98 Å². The van der Waals surface area contributed by atoms with E-state index in [0.29, 0.717) is 11.5 Å². The summed E-state index contributed by atoms with van der Waals surface area (Å²) in [6.45, 7) is 1.91. The number of carbonyl (C=O) groups excluding carboxylic acids is 1. The van der Waals surface area contributed by atoms with E-state index < -0.39 is 18.0 Å². The highest BCUT2D eigenvalue weighted by atomic mass is 19.4. The molecule has 0 spiro atoms. The quantitative estimate of drug-likeness (QED) is 0.567. The summed E-state index contributed by atoms with van der Waals surface area (Å²) in [7, 11) is 0. The third-order valence-corrected chi connectivity index (χ3v) is 3.81. The van der Waals surface area contributed by atoms with E-state index in [-0.39, 0.29) is 11.4 Å². The standard InChI is InChI=1S/C20H17F3N4O2/c1-12-5-2-3-8-16(12)26-18-10-13(24)9-17(27-18)19(28)25-14-6-4-7-15(11-14)29-20(21,22)23/h2-11H,1H3,(H,25,28)(H3,24,26,27). The van der Waals surface area contributed by atoms with E-state index in [1.807, 2.05) is 31.2 Å². The number of hydrogen-bond acceptors (Lipinski definition) is 5. The third-order valence-electron chi connectivity index (χ3n) is 3.81. The molecule has 0 saturated heterocycles. The Kier molecular flexibility index (Phi) is 5.58. The molecule has 9 heteroatoms. The minimum absolute atomic E-state index is 0.00299. The lowest BCUT2D eigenvalue weighted by atomic mass is 10.2. The van der Waals surface area contributed by atoms with E-state index in [9.17, 15) is 18.0 Å². The number of para-hydroxylation sites is 1. The molecule has 6 nitrogen and oxygen atoms in total. The number of nitrogens with two attached hydrogens (primary N) is 1. The second-order valence-corrected chi connectivity index (χ2v) is 6.14. The highest BCUT2D eigenvalue weighted by Gasteiger charge is 2.31. The van der Waals surface area contributed by atoms with Crippen molar-refractivity contribution in [1.29, 1.82) is 0 Å². The van der Waals surface area contributed by atoms with Gasteiger partial charge in [0.05, 0.1) is 0 Å². The van der Waals surface area contributed by atoms with Gasteiger partial charge in [-0.1, -0.05) is 24.3 Å². The van der Waals surface area contributed by atoms with Crippen LogP contribution >= 0.6 is 0 Å². The second kappa shape index (κ2) is 8.09. The van der Waals surface area contributed by atoms with Crippen LogP contribution in [0.3, 0.4) is 0 Å². The molecular weight excluding hydrogens is 385 g/mol. The summed E-state index contributed by atoms with van der Waals surface area (Å²) in [4.78, 5) is 16.7. The Labute approximate surface area is 164 Å². The molecule has 3 rings (SSSR count). The van der Waals surface area contributed by atoms with Gasteiger partial charge in [-0.15, -0.1) is 13.2 Å². The number of hydrogen-bond donors (Lipinski definition) is 3. The van der Waals surface area contributed by atoms with Crippen molar-refractivity contribution in [2.75, 3.05) is 16.4 Å². The van der Waals surface area contributed by atoms with E-state index in [1.165, 1.54) is 18.2 Å². The summed E-state index contributed by atoms with van der Waals surface area (Å²) >= 11 is 0. The van der Waals surface area contributed by atoms with Crippen molar-refractivity contribution in [1.82, 2.24) is 4.98 Å². The van der Waals surface area contributed by atoms with Crippen LogP contribution in [0, 0.1) is 6.92 Å². The number of halogens is 3. The molecule has 0 aliphatic heterocycles. The number of nitrogens with zero attached hydrogens (tertiary/aromatic N) is 1. The Morgan fingerprint density at radius 2 is 1.83 bits per heavy atom. The molecule has 0 aliphatic carbocycles. The fraction of sp³-hybridized carbons (Fsp3) is 0.100. The van der Waals surface area contributed by atoms with E-state index in [2.05, 4.69) is 20.4 Å². The molecule has 0 bridgehead atoms. The maximum absolute atomic E-state index is 12.5. The van der Waals surface area contributed by atoms with Crippen LogP contribution in [-0.2, 0) is 0 Å². The van der Waals surface area contributed by atoms with Gasteiger partial charge in [0.2, 0.25) is 0 Å². The molecule has 0 saturated carbocycles. The van der Waals surface area contributed by atoms with Gasteiger partial charge in [0, 0.05) is 29.2 Å². The Balaban J connectivity index is 1.78. The minimum atomic E-state index is -4.83. The summed E-state index contributed by atoms with van der Waals surface area (Å²) in [5.41, 5.74) is 8.07. The van der Waals surface area contributed by atoms with Gasteiger partial charge < -0.3 is 21.1 Å². The molecule has 2 aromatic carbocycles. The van der Waals surface area contributed by atoms with Crippen LogP contribution in [0.25, 0.3) is 0 Å². The van der Waals surface area contributed by atoms with Crippen LogP contribution in [0.4, 0.5) is 36.1 Å². The Morgan fingerprint density at radius 1 is 1.07 bits per heavy atom. The lowest BCUT2D eigenvalue weighted by molar-refractivity contribution is -0.274. The highest BCUT2D eigenvalue weighted by molar-refractivity contribution is 6.03. The van der Waals surface area contributed by atoms with Crippen molar-refractivity contribution in [3.05, 3.63) is 71.9 Å². The molecule has 150 valence electrons. The van der Waals surface area contributed by atoms with Gasteiger partial charge in [-0.2, -0.15) is 0 Å². The van der Waals surface area contributed by atoms with Crippen LogP contribution in [-0.4, -0.2) is 17.3 Å². The number of carbonyl (C=O) groups is 1. The molecule has 3 aromatic rings. The monoisotopic (exact) mass is 402 g/mol. The van der Waals surface area contributed by atoms with Crippen LogP contribution in [0.1, 0.15) is 16.1 Å². The number of anilines is 4. The third kappa shape index (κ3) is 5.61. The first-order chi connectivity index (χ1) is 13.7. The zero-order valence-electron chi connectivity index (χ0n) is 15.2. The molecule has 0 aliphatic rings. The molecule has 0 fully saturated rings. The topological polar surface area (TPSA) is 89.3 Å². The number of nitrogen functional groups attached to an aromatic ring is 1. The smallest absolute Gasteiger partial charge is 0.406 e. The van der Waals surface area contributed by atoms with Gasteiger partial charge >= 0.3 is 6.36 Å². The summed E-state index contributed by atoms with van der Waals surface area (Å²) in [5.74, 6) is -0.717. The molecule has 1 amide bonds. The van der Waals surface area contributed by atoms with Gasteiger partial charge in [0.25, 0.3) is 5.91 Å². The average molecular weight is 402 g/mol. The molecule has 1 aromatic heterocycles. The average Bonchev–Trinajstić information content (AvgIpc) is 2.62. The Bertz CT molecular complexity index is 1040. The van der Waals surface area contributed by atoms with Gasteiger partial charge in [-0.3, -0.25) is 4.79 Å². The summed E-state index contributed by atoms with van der Waals surface area (Å²) in [5, 5.41) is 5.57. The Morgan fingerprint density at radius 3 is 2.55 bits per heavy atom. The fourth-order valence-corrected chi connectivity index (χ4v) is 2.55. The van der Waals surface area contributed by atoms with Gasteiger partial charge in [-0.05, 0) is 36.8 Å². The number of aromatic nitrogens is 1. The first-order valence-corrected chi connectivity index (χ1v) is 8.47. The van der Waals surface area contributed by atoms with E-state index in [4.69, 9.17) is 5.73 Å². The van der Waals surface area contributed by atoms with E-state index in [1.54, 1.807) is 6.07 Å². The number of ether oxygens (including phenoxy) is 1. The van der Waals surface area contributed by atoms with Gasteiger partial charge in [0.1, 0.15) is 17.3 Å². The van der Waals surface area contributed by atoms with Crippen LogP contribution in [0.2, 0.25) is 0 Å². The maximum atomic E-state index is 12.5. The first kappa shape index (κ1) is 20.0. The maximum Gasteiger partial charge on any atom is 0.573 e. The fourth-order valence-electron chi connectivity index (χ4n) is 2.55. The number of nitrogens with one attached hydrogen (secondary N) is 2. The van der Waals surface area contributed by atoms with Crippen molar-refractivity contribution in [2.24, 2.45) is 0 Å². The SMILES string of the molecule is Cc1ccccc1Nc1cc(N)cc(C(=O)Nc2cccc(OC(F)(F)F)c2)n1. The normalized spacial score (nSPS) is 11.0. The molecule has 1 heterocycles. The summed E-state index contributed by atoms with van der Waals surface area (Å²) in [6.07, 6.45) is -4.83. The predicted octanol–water partition coefficient (Wildman–Crippen LogP) is 4.87. The molecule has 0 unspecified atom stereocenters. The lowest BCUT2D eigenvalue weighted by Crippen LogP contribution is -2.18. The number of benzene rings is 2. The molecule has 0 atom stereocenters. The van der Waals surface area contributed by atoms with Crippen LogP contribution in [0.5, 0.6) is 5.75 Å². The second-order valence-electron chi connectivity index (χ2n) is 6.14. The lowest BCUT2D eigenvalue weighted by Gasteiger charge is -2.12. The number of aryl methyl sites for hydroxylation is 1. The summed E-state index contributed by atoms with van der Waals surface area (Å²) < 4.78 is 40.9. The summed E-state index contributed by atoms with van der Waals surface area (Å²) in [6, 6.07) is 15.4. The number of amides is 1. The highest BCUT2D eigenvalue weighted by Crippen LogP contribution is 2.26. The molecule has 4 N–H and O–H groups in total. The van der Waals surface area contributed by atoms with Crippen molar-refractivity contribution in [3.8, 4) is 5.75 Å². The van der Waals surface area contributed by atoms with Crippen LogP contribution in [0.15, 0.2) is 60.7 Å². The van der Waals surface area contributed by atoms with Crippen molar-refractivity contribution in [2.45, 2.75) is 13.3 Å². The van der Waals surface area contributed by atoms with E-state index in [0.717, 1.165) is 23.4 Å². The number of alkyl halides is 3. The number of pyridine rings is 1. The Hall–Kier alpha value is -3.75.